The van der Waals surface area contributed by atoms with E-state index in [-0.39, 0.29) is 0 Å². The van der Waals surface area contributed by atoms with E-state index < -0.39 is 0 Å². The van der Waals surface area contributed by atoms with Gasteiger partial charge in [0.2, 0.25) is 0 Å². The zero-order valence-corrected chi connectivity index (χ0v) is 8.38. The summed E-state index contributed by atoms with van der Waals surface area (Å²) in [5.41, 5.74) is 6.81. The van der Waals surface area contributed by atoms with Crippen LogP contribution in [0.1, 0.15) is 13.3 Å². The van der Waals surface area contributed by atoms with Crippen LogP contribution in [0, 0.1) is 0 Å². The second-order valence-electron chi connectivity index (χ2n) is 2.59. The minimum Gasteiger partial charge on any atom is -0.379 e. The average Bonchev–Trinajstić information content (AvgIpc) is 2.16. The smallest absolute Gasteiger partial charge is 0.0701 e. The molecular formula is C9H20NO3. The predicted octanol–water partition coefficient (Wildman–Crippen LogP) is 0.729. The molecule has 0 aromatic carbocycles. The Balaban J connectivity index is 2.76. The van der Waals surface area contributed by atoms with Crippen molar-refractivity contribution in [2.24, 2.45) is 0 Å². The molecule has 0 spiro atoms. The zero-order chi connectivity index (χ0) is 9.78. The van der Waals surface area contributed by atoms with Crippen LogP contribution in [-0.4, -0.2) is 46.2 Å². The van der Waals surface area contributed by atoms with E-state index in [1.807, 2.05) is 0 Å². The fraction of sp³-hybridized carbons (Fsp3) is 1.00. The third-order valence-corrected chi connectivity index (χ3v) is 1.34. The predicted molar refractivity (Wildman–Crippen MR) is 50.7 cm³/mol. The summed E-state index contributed by atoms with van der Waals surface area (Å²) in [4.78, 5) is 0. The van der Waals surface area contributed by atoms with E-state index in [0.717, 1.165) is 13.0 Å². The first-order valence-corrected chi connectivity index (χ1v) is 4.79. The molecule has 0 saturated heterocycles. The van der Waals surface area contributed by atoms with Gasteiger partial charge in [-0.3, -0.25) is 5.73 Å². The van der Waals surface area contributed by atoms with E-state index in [2.05, 4.69) is 6.92 Å². The number of hydrogen-bond acceptors (Lipinski definition) is 3. The summed E-state index contributed by atoms with van der Waals surface area (Å²) in [6.07, 6.45) is 1.05. The standard InChI is InChI=1S/C9H20NO3/c1-2-4-11-6-8-13-9-7-12-5-3-10/h10H,2-9H2,1H3. The molecule has 0 saturated carbocycles. The Morgan fingerprint density at radius 2 is 1.23 bits per heavy atom. The van der Waals surface area contributed by atoms with Crippen molar-refractivity contribution in [3.05, 3.63) is 0 Å². The van der Waals surface area contributed by atoms with Crippen LogP contribution in [0.25, 0.3) is 0 Å². The van der Waals surface area contributed by atoms with E-state index in [9.17, 15) is 0 Å². The van der Waals surface area contributed by atoms with Gasteiger partial charge in [0.1, 0.15) is 0 Å². The first-order valence-electron chi connectivity index (χ1n) is 4.79. The van der Waals surface area contributed by atoms with Crippen molar-refractivity contribution in [1.29, 1.82) is 0 Å². The number of ether oxygens (including phenoxy) is 3. The molecule has 0 fully saturated rings. The second-order valence-corrected chi connectivity index (χ2v) is 2.59. The first kappa shape index (κ1) is 12.8. The van der Waals surface area contributed by atoms with Gasteiger partial charge in [-0.1, -0.05) is 6.92 Å². The maximum atomic E-state index is 6.81. The quantitative estimate of drug-likeness (QED) is 0.477. The Bertz CT molecular complexity index is 80.9. The van der Waals surface area contributed by atoms with E-state index in [1.54, 1.807) is 0 Å². The molecule has 0 aromatic rings. The largest absolute Gasteiger partial charge is 0.379 e. The Morgan fingerprint density at radius 3 is 1.69 bits per heavy atom. The van der Waals surface area contributed by atoms with Crippen LogP contribution in [0.5, 0.6) is 0 Å². The summed E-state index contributed by atoms with van der Waals surface area (Å²) in [6, 6.07) is 0. The molecular weight excluding hydrogens is 170 g/mol. The van der Waals surface area contributed by atoms with Crippen molar-refractivity contribution in [3.63, 3.8) is 0 Å². The summed E-state index contributed by atoms with van der Waals surface area (Å²) >= 11 is 0. The molecule has 0 heterocycles. The van der Waals surface area contributed by atoms with Crippen LogP contribution in [0.15, 0.2) is 0 Å². The minimum atomic E-state index is 0.319. The van der Waals surface area contributed by atoms with Gasteiger partial charge in [0.05, 0.1) is 33.0 Å². The van der Waals surface area contributed by atoms with E-state index in [0.29, 0.717) is 39.6 Å². The highest BCUT2D eigenvalue weighted by molar-refractivity contribution is 4.34. The first-order chi connectivity index (χ1) is 6.41. The number of nitrogens with one attached hydrogen (secondary N) is 1. The lowest BCUT2D eigenvalue weighted by Crippen LogP contribution is -2.11. The van der Waals surface area contributed by atoms with Crippen molar-refractivity contribution in [2.45, 2.75) is 13.3 Å². The van der Waals surface area contributed by atoms with Gasteiger partial charge < -0.3 is 14.2 Å². The monoisotopic (exact) mass is 190 g/mol. The topological polar surface area (TPSA) is 51.5 Å². The SMILES string of the molecule is CCCOCCOCCOCC[NH]. The van der Waals surface area contributed by atoms with Crippen LogP contribution >= 0.6 is 0 Å². The molecule has 0 bridgehead atoms. The Morgan fingerprint density at radius 1 is 0.769 bits per heavy atom. The van der Waals surface area contributed by atoms with Gasteiger partial charge in [-0.25, -0.2) is 0 Å². The Labute approximate surface area is 80.3 Å². The van der Waals surface area contributed by atoms with E-state index in [1.165, 1.54) is 0 Å². The lowest BCUT2D eigenvalue weighted by atomic mass is 10.5. The van der Waals surface area contributed by atoms with Gasteiger partial charge >= 0.3 is 0 Å². The highest BCUT2D eigenvalue weighted by Gasteiger charge is 1.89. The molecule has 0 atom stereocenters. The summed E-state index contributed by atoms with van der Waals surface area (Å²) < 4.78 is 15.5. The number of rotatable bonds is 10. The molecule has 4 heteroatoms. The third-order valence-electron chi connectivity index (χ3n) is 1.34. The van der Waals surface area contributed by atoms with Gasteiger partial charge in [-0.05, 0) is 6.42 Å². The molecule has 0 aromatic heterocycles. The average molecular weight is 190 g/mol. The molecule has 0 unspecified atom stereocenters. The molecule has 4 nitrogen and oxygen atoms in total. The lowest BCUT2D eigenvalue weighted by Gasteiger charge is -2.05. The molecule has 0 rings (SSSR count). The van der Waals surface area contributed by atoms with Gasteiger partial charge in [0.15, 0.2) is 0 Å². The van der Waals surface area contributed by atoms with Crippen LogP contribution in [0.2, 0.25) is 0 Å². The molecule has 79 valence electrons. The lowest BCUT2D eigenvalue weighted by molar-refractivity contribution is 0.0159. The fourth-order valence-electron chi connectivity index (χ4n) is 0.758. The third kappa shape index (κ3) is 11.8. The molecule has 0 aliphatic carbocycles. The highest BCUT2D eigenvalue weighted by Crippen LogP contribution is 1.82. The van der Waals surface area contributed by atoms with Crippen molar-refractivity contribution >= 4 is 0 Å². The second kappa shape index (κ2) is 11.8. The van der Waals surface area contributed by atoms with Crippen molar-refractivity contribution < 1.29 is 14.2 Å². The molecule has 13 heavy (non-hydrogen) atoms. The normalized spacial score (nSPS) is 10.6. The van der Waals surface area contributed by atoms with Crippen LogP contribution in [0.4, 0.5) is 0 Å². The Kier molecular flexibility index (Phi) is 11.7. The van der Waals surface area contributed by atoms with Gasteiger partial charge in [0, 0.05) is 13.2 Å². The van der Waals surface area contributed by atoms with Crippen molar-refractivity contribution in [2.75, 3.05) is 46.2 Å². The zero-order valence-electron chi connectivity index (χ0n) is 8.38. The van der Waals surface area contributed by atoms with Gasteiger partial charge in [-0.2, -0.15) is 0 Å². The maximum absolute atomic E-state index is 6.81. The van der Waals surface area contributed by atoms with Crippen LogP contribution in [-0.2, 0) is 14.2 Å². The highest BCUT2D eigenvalue weighted by atomic mass is 16.5. The van der Waals surface area contributed by atoms with Gasteiger partial charge in [0.25, 0.3) is 0 Å². The minimum absolute atomic E-state index is 0.319. The van der Waals surface area contributed by atoms with Crippen molar-refractivity contribution in [1.82, 2.24) is 5.73 Å². The fourth-order valence-corrected chi connectivity index (χ4v) is 0.758. The summed E-state index contributed by atoms with van der Waals surface area (Å²) in [6.45, 7) is 6.15. The van der Waals surface area contributed by atoms with Gasteiger partial charge in [-0.15, -0.1) is 0 Å². The Hall–Kier alpha value is -0.160. The summed E-state index contributed by atoms with van der Waals surface area (Å²) in [5, 5.41) is 0. The summed E-state index contributed by atoms with van der Waals surface area (Å²) in [5.74, 6) is 0. The molecule has 1 N–H and O–H groups in total. The van der Waals surface area contributed by atoms with E-state index in [4.69, 9.17) is 19.9 Å². The maximum Gasteiger partial charge on any atom is 0.0701 e. The number of hydrogen-bond donors (Lipinski definition) is 0. The molecule has 0 aliphatic rings. The summed E-state index contributed by atoms with van der Waals surface area (Å²) in [7, 11) is 0. The van der Waals surface area contributed by atoms with Crippen molar-refractivity contribution in [3.8, 4) is 0 Å². The molecule has 0 amide bonds. The van der Waals surface area contributed by atoms with E-state index >= 15 is 0 Å². The molecule has 1 radical (unpaired) electrons. The van der Waals surface area contributed by atoms with Crippen LogP contribution in [0.3, 0.4) is 0 Å². The van der Waals surface area contributed by atoms with Crippen LogP contribution < -0.4 is 5.73 Å². The molecule has 0 aliphatic heterocycles.